The second-order valence-electron chi connectivity index (χ2n) is 6.33. The smallest absolute Gasteiger partial charge is 0.232 e. The minimum absolute atomic E-state index is 0.0173. The molecule has 2 atom stereocenters. The van der Waals surface area contributed by atoms with Crippen LogP contribution in [0.25, 0.3) is 0 Å². The zero-order valence-electron chi connectivity index (χ0n) is 12.6. The van der Waals surface area contributed by atoms with Crippen LogP contribution < -0.4 is 5.73 Å². The molecule has 112 valence electrons. The zero-order valence-corrected chi connectivity index (χ0v) is 12.6. The topological polar surface area (TPSA) is 71.6 Å². The summed E-state index contributed by atoms with van der Waals surface area (Å²) in [6, 6.07) is 3.91. The quantitative estimate of drug-likeness (QED) is 0.922. The second kappa shape index (κ2) is 5.13. The van der Waals surface area contributed by atoms with Gasteiger partial charge in [-0.25, -0.2) is 4.99 Å². The number of rotatable bonds is 4. The summed E-state index contributed by atoms with van der Waals surface area (Å²) in [5, 5.41) is 0. The van der Waals surface area contributed by atoms with Gasteiger partial charge in [0.05, 0.1) is 18.0 Å². The SMILES string of the molecule is CC[C@]1(C)CC(=O)N(C(c2cccnc2)C2CC2)C(N)=N1. The fourth-order valence-corrected chi connectivity index (χ4v) is 3.01. The summed E-state index contributed by atoms with van der Waals surface area (Å²) in [7, 11) is 0. The maximum atomic E-state index is 12.7. The predicted molar refractivity (Wildman–Crippen MR) is 81.5 cm³/mol. The van der Waals surface area contributed by atoms with Crippen LogP contribution in [0.1, 0.15) is 51.1 Å². The van der Waals surface area contributed by atoms with Crippen LogP contribution in [0.15, 0.2) is 29.5 Å². The normalized spacial score (nSPS) is 27.4. The Morgan fingerprint density at radius 2 is 2.29 bits per heavy atom. The van der Waals surface area contributed by atoms with Crippen LogP contribution in [0.4, 0.5) is 0 Å². The molecule has 0 aromatic carbocycles. The van der Waals surface area contributed by atoms with Gasteiger partial charge in [-0.3, -0.25) is 14.7 Å². The first-order valence-electron chi connectivity index (χ1n) is 7.61. The lowest BCUT2D eigenvalue weighted by Gasteiger charge is -2.39. The molecule has 1 fully saturated rings. The first-order chi connectivity index (χ1) is 10.0. The van der Waals surface area contributed by atoms with E-state index in [1.165, 1.54) is 0 Å². The molecule has 1 unspecified atom stereocenters. The third kappa shape index (κ3) is 2.64. The first kappa shape index (κ1) is 14.0. The van der Waals surface area contributed by atoms with Crippen molar-refractivity contribution >= 4 is 11.9 Å². The molecule has 0 saturated heterocycles. The monoisotopic (exact) mass is 286 g/mol. The summed E-state index contributed by atoms with van der Waals surface area (Å²) in [6.45, 7) is 4.03. The highest BCUT2D eigenvalue weighted by Crippen LogP contribution is 2.45. The predicted octanol–water partition coefficient (Wildman–Crippen LogP) is 2.25. The fourth-order valence-electron chi connectivity index (χ4n) is 3.01. The van der Waals surface area contributed by atoms with Gasteiger partial charge < -0.3 is 5.73 Å². The molecule has 21 heavy (non-hydrogen) atoms. The molecule has 0 spiro atoms. The lowest BCUT2D eigenvalue weighted by atomic mass is 9.91. The number of pyridine rings is 1. The van der Waals surface area contributed by atoms with E-state index in [-0.39, 0.29) is 17.5 Å². The largest absolute Gasteiger partial charge is 0.369 e. The molecule has 1 aliphatic heterocycles. The molecule has 1 aliphatic carbocycles. The van der Waals surface area contributed by atoms with E-state index in [0.29, 0.717) is 18.3 Å². The Morgan fingerprint density at radius 1 is 1.52 bits per heavy atom. The van der Waals surface area contributed by atoms with E-state index >= 15 is 0 Å². The molecule has 1 saturated carbocycles. The molecule has 5 heteroatoms. The molecule has 2 N–H and O–H groups in total. The Morgan fingerprint density at radius 3 is 2.81 bits per heavy atom. The molecule has 1 aromatic heterocycles. The summed E-state index contributed by atoms with van der Waals surface area (Å²) in [5.74, 6) is 0.904. The Balaban J connectivity index is 1.97. The lowest BCUT2D eigenvalue weighted by molar-refractivity contribution is -0.131. The standard InChI is InChI=1S/C16H22N4O/c1-3-16(2)9-13(21)20(15(17)19-16)14(11-6-7-11)12-5-4-8-18-10-12/h4-5,8,10-11,14H,3,6-7,9H2,1-2H3,(H2,17,19)/t14?,16-/m1/s1. The molecule has 1 aromatic rings. The number of aliphatic imine (C=N–C) groups is 1. The number of nitrogens with zero attached hydrogens (tertiary/aromatic N) is 3. The average Bonchev–Trinajstić information content (AvgIpc) is 3.28. The number of guanidine groups is 1. The fraction of sp³-hybridized carbons (Fsp3) is 0.562. The first-order valence-corrected chi connectivity index (χ1v) is 7.61. The van der Waals surface area contributed by atoms with Crippen molar-refractivity contribution in [3.05, 3.63) is 30.1 Å². The van der Waals surface area contributed by atoms with Gasteiger partial charge in [-0.15, -0.1) is 0 Å². The zero-order chi connectivity index (χ0) is 15.0. The third-order valence-corrected chi connectivity index (χ3v) is 4.57. The van der Waals surface area contributed by atoms with E-state index in [9.17, 15) is 4.79 Å². The van der Waals surface area contributed by atoms with Crippen LogP contribution in [0.5, 0.6) is 0 Å². The number of amides is 1. The van der Waals surface area contributed by atoms with Crippen molar-refractivity contribution in [3.8, 4) is 0 Å². The van der Waals surface area contributed by atoms with Crippen molar-refractivity contribution < 1.29 is 4.79 Å². The highest BCUT2D eigenvalue weighted by molar-refractivity contribution is 5.99. The highest BCUT2D eigenvalue weighted by atomic mass is 16.2. The highest BCUT2D eigenvalue weighted by Gasteiger charge is 2.44. The summed E-state index contributed by atoms with van der Waals surface area (Å²) in [6.07, 6.45) is 7.07. The van der Waals surface area contributed by atoms with Gasteiger partial charge in [0.1, 0.15) is 0 Å². The minimum Gasteiger partial charge on any atom is -0.369 e. The number of hydrogen-bond donors (Lipinski definition) is 1. The molecule has 0 bridgehead atoms. The number of carbonyl (C=O) groups is 1. The van der Waals surface area contributed by atoms with Gasteiger partial charge in [0.15, 0.2) is 5.96 Å². The second-order valence-corrected chi connectivity index (χ2v) is 6.33. The van der Waals surface area contributed by atoms with Crippen LogP contribution in [-0.2, 0) is 4.79 Å². The average molecular weight is 286 g/mol. The summed E-state index contributed by atoms with van der Waals surface area (Å²) < 4.78 is 0. The molecular formula is C16H22N4O. The van der Waals surface area contributed by atoms with Gasteiger partial charge in [-0.2, -0.15) is 0 Å². The maximum absolute atomic E-state index is 12.7. The Bertz CT molecular complexity index is 567. The van der Waals surface area contributed by atoms with Gasteiger partial charge in [0.25, 0.3) is 0 Å². The van der Waals surface area contributed by atoms with Crippen LogP contribution in [-0.4, -0.2) is 27.3 Å². The summed E-state index contributed by atoms with van der Waals surface area (Å²) in [5.41, 5.74) is 6.85. The number of carbonyl (C=O) groups excluding carboxylic acids is 1. The van der Waals surface area contributed by atoms with Crippen molar-refractivity contribution in [2.45, 2.75) is 51.1 Å². The molecule has 2 aliphatic rings. The summed E-state index contributed by atoms with van der Waals surface area (Å²) in [4.78, 5) is 23.2. The van der Waals surface area contributed by atoms with E-state index in [2.05, 4.69) is 9.98 Å². The third-order valence-electron chi connectivity index (χ3n) is 4.57. The van der Waals surface area contributed by atoms with Gasteiger partial charge >= 0.3 is 0 Å². The van der Waals surface area contributed by atoms with Gasteiger partial charge in [0.2, 0.25) is 5.91 Å². The van der Waals surface area contributed by atoms with Gasteiger partial charge in [-0.1, -0.05) is 13.0 Å². The van der Waals surface area contributed by atoms with E-state index in [4.69, 9.17) is 5.73 Å². The number of nitrogens with two attached hydrogens (primary N) is 1. The van der Waals surface area contributed by atoms with Crippen molar-refractivity contribution in [1.29, 1.82) is 0 Å². The number of hydrogen-bond acceptors (Lipinski definition) is 4. The van der Waals surface area contributed by atoms with E-state index in [1.54, 1.807) is 11.1 Å². The Kier molecular flexibility index (Phi) is 3.43. The Hall–Kier alpha value is -1.91. The molecule has 5 nitrogen and oxygen atoms in total. The molecular weight excluding hydrogens is 264 g/mol. The maximum Gasteiger partial charge on any atom is 0.232 e. The molecule has 2 heterocycles. The van der Waals surface area contributed by atoms with Crippen LogP contribution in [0, 0.1) is 5.92 Å². The van der Waals surface area contributed by atoms with E-state index in [1.807, 2.05) is 32.2 Å². The van der Waals surface area contributed by atoms with Crippen LogP contribution >= 0.6 is 0 Å². The van der Waals surface area contributed by atoms with Crippen molar-refractivity contribution in [2.75, 3.05) is 0 Å². The molecule has 3 rings (SSSR count). The number of aromatic nitrogens is 1. The van der Waals surface area contributed by atoms with E-state index in [0.717, 1.165) is 24.8 Å². The minimum atomic E-state index is -0.360. The molecule has 0 radical (unpaired) electrons. The summed E-state index contributed by atoms with van der Waals surface area (Å²) >= 11 is 0. The molecule has 1 amide bonds. The van der Waals surface area contributed by atoms with Gasteiger partial charge in [-0.05, 0) is 43.7 Å². The van der Waals surface area contributed by atoms with Crippen LogP contribution in [0.3, 0.4) is 0 Å². The van der Waals surface area contributed by atoms with Crippen molar-refractivity contribution in [3.63, 3.8) is 0 Å². The lowest BCUT2D eigenvalue weighted by Crippen LogP contribution is -2.52. The van der Waals surface area contributed by atoms with Crippen LogP contribution in [0.2, 0.25) is 0 Å². The van der Waals surface area contributed by atoms with Crippen molar-refractivity contribution in [1.82, 2.24) is 9.88 Å². The van der Waals surface area contributed by atoms with Gasteiger partial charge in [0, 0.05) is 12.4 Å². The van der Waals surface area contributed by atoms with E-state index < -0.39 is 0 Å². The Labute approximate surface area is 125 Å². The van der Waals surface area contributed by atoms with Crippen molar-refractivity contribution in [2.24, 2.45) is 16.6 Å².